The maximum atomic E-state index is 10.7. The van der Waals surface area contributed by atoms with E-state index in [2.05, 4.69) is 13.0 Å². The lowest BCUT2D eigenvalue weighted by Gasteiger charge is -2.46. The van der Waals surface area contributed by atoms with Crippen molar-refractivity contribution in [2.75, 3.05) is 6.61 Å². The Balaban J connectivity index is 1.85. The van der Waals surface area contributed by atoms with E-state index in [1.807, 2.05) is 19.9 Å². The predicted molar refractivity (Wildman–Crippen MR) is 90.6 cm³/mol. The molecule has 2 aliphatic heterocycles. The van der Waals surface area contributed by atoms with Crippen LogP contribution in [-0.2, 0) is 9.47 Å². The topological polar surface area (TPSA) is 82.5 Å². The SMILES string of the molecule is CCCCCC=CC1=C(CO)[C@@H]2OC(C)(C)[C@@H](O)C[C@@]23O[C@H]3[C@@H]1O. The normalized spacial score (nSPS) is 40.6. The minimum atomic E-state index is -0.775. The van der Waals surface area contributed by atoms with E-state index in [-0.39, 0.29) is 12.7 Å². The Morgan fingerprint density at radius 1 is 1.21 bits per heavy atom. The van der Waals surface area contributed by atoms with Crippen LogP contribution in [0.15, 0.2) is 23.3 Å². The van der Waals surface area contributed by atoms with Gasteiger partial charge in [-0.25, -0.2) is 0 Å². The molecule has 1 spiro atoms. The molecule has 136 valence electrons. The molecule has 24 heavy (non-hydrogen) atoms. The van der Waals surface area contributed by atoms with Crippen molar-refractivity contribution in [1.82, 2.24) is 0 Å². The minimum Gasteiger partial charge on any atom is -0.392 e. The van der Waals surface area contributed by atoms with Crippen LogP contribution in [0.5, 0.6) is 0 Å². The molecule has 1 aliphatic carbocycles. The summed E-state index contributed by atoms with van der Waals surface area (Å²) in [7, 11) is 0. The number of aliphatic hydroxyl groups is 3. The maximum Gasteiger partial charge on any atom is 0.130 e. The van der Waals surface area contributed by atoms with Crippen LogP contribution in [-0.4, -0.2) is 57.5 Å². The highest BCUT2D eigenvalue weighted by molar-refractivity contribution is 5.44. The first-order valence-electron chi connectivity index (χ1n) is 9.09. The molecule has 5 nitrogen and oxygen atoms in total. The highest BCUT2D eigenvalue weighted by Gasteiger charge is 2.72. The summed E-state index contributed by atoms with van der Waals surface area (Å²) in [5.74, 6) is 0. The molecule has 0 aromatic heterocycles. The summed E-state index contributed by atoms with van der Waals surface area (Å²) < 4.78 is 12.0. The van der Waals surface area contributed by atoms with Crippen molar-refractivity contribution in [2.45, 2.75) is 88.5 Å². The molecule has 0 aromatic rings. The van der Waals surface area contributed by atoms with Gasteiger partial charge in [-0.1, -0.05) is 31.9 Å². The van der Waals surface area contributed by atoms with Gasteiger partial charge in [0.05, 0.1) is 18.3 Å². The standard InChI is InChI=1S/C19H30O5/c1-4-5-6-7-8-9-12-13(11-20)16-19(17(24-19)15(12)22)10-14(21)18(2,3)23-16/h8-9,14-17,20-22H,4-7,10-11H2,1-3H3/t14-,15+,16-,17-,19+/m0/s1. The lowest BCUT2D eigenvalue weighted by molar-refractivity contribution is -0.190. The average molecular weight is 338 g/mol. The second-order valence-electron chi connectivity index (χ2n) is 7.80. The first kappa shape index (κ1) is 18.1. The molecule has 3 N–H and O–H groups in total. The summed E-state index contributed by atoms with van der Waals surface area (Å²) in [6.45, 7) is 5.69. The van der Waals surface area contributed by atoms with Gasteiger partial charge in [0.1, 0.15) is 23.9 Å². The zero-order valence-corrected chi connectivity index (χ0v) is 14.9. The van der Waals surface area contributed by atoms with Crippen molar-refractivity contribution in [3.63, 3.8) is 0 Å². The molecule has 3 rings (SSSR count). The zero-order chi connectivity index (χ0) is 17.5. The van der Waals surface area contributed by atoms with Gasteiger partial charge >= 0.3 is 0 Å². The molecule has 0 unspecified atom stereocenters. The number of hydrogen-bond donors (Lipinski definition) is 3. The van der Waals surface area contributed by atoms with Crippen molar-refractivity contribution in [3.05, 3.63) is 23.3 Å². The van der Waals surface area contributed by atoms with Gasteiger partial charge in [-0.15, -0.1) is 0 Å². The van der Waals surface area contributed by atoms with Crippen LogP contribution >= 0.6 is 0 Å². The molecular weight excluding hydrogens is 308 g/mol. The molecule has 0 radical (unpaired) electrons. The monoisotopic (exact) mass is 338 g/mol. The van der Waals surface area contributed by atoms with Gasteiger partial charge in [0.2, 0.25) is 0 Å². The molecular formula is C19H30O5. The van der Waals surface area contributed by atoms with Crippen molar-refractivity contribution in [2.24, 2.45) is 0 Å². The van der Waals surface area contributed by atoms with Crippen LogP contribution in [0.25, 0.3) is 0 Å². The van der Waals surface area contributed by atoms with E-state index >= 15 is 0 Å². The molecule has 3 aliphatic rings. The maximum absolute atomic E-state index is 10.7. The number of allylic oxidation sites excluding steroid dienone is 1. The first-order valence-corrected chi connectivity index (χ1v) is 9.09. The van der Waals surface area contributed by atoms with Gasteiger partial charge < -0.3 is 24.8 Å². The predicted octanol–water partition coefficient (Wildman–Crippen LogP) is 1.85. The Hall–Kier alpha value is -0.720. The van der Waals surface area contributed by atoms with Crippen LogP contribution < -0.4 is 0 Å². The van der Waals surface area contributed by atoms with Crippen molar-refractivity contribution in [3.8, 4) is 0 Å². The van der Waals surface area contributed by atoms with Gasteiger partial charge in [-0.05, 0) is 37.8 Å². The molecule has 0 amide bonds. The third-order valence-electron chi connectivity index (χ3n) is 5.69. The van der Waals surface area contributed by atoms with Crippen LogP contribution in [0.1, 0.15) is 52.9 Å². The van der Waals surface area contributed by atoms with Crippen molar-refractivity contribution < 1.29 is 24.8 Å². The molecule has 2 saturated heterocycles. The second-order valence-corrected chi connectivity index (χ2v) is 7.80. The molecule has 0 saturated carbocycles. The molecule has 0 bridgehead atoms. The number of unbranched alkanes of at least 4 members (excludes halogenated alkanes) is 3. The van der Waals surface area contributed by atoms with Gasteiger partial charge in [0.15, 0.2) is 0 Å². The highest BCUT2D eigenvalue weighted by Crippen LogP contribution is 2.57. The lowest BCUT2D eigenvalue weighted by atomic mass is 9.73. The smallest absolute Gasteiger partial charge is 0.130 e. The summed E-state index contributed by atoms with van der Waals surface area (Å²) in [6, 6.07) is 0. The fourth-order valence-corrected chi connectivity index (χ4v) is 4.02. The van der Waals surface area contributed by atoms with Crippen molar-refractivity contribution >= 4 is 0 Å². The van der Waals surface area contributed by atoms with E-state index in [0.29, 0.717) is 17.6 Å². The van der Waals surface area contributed by atoms with Crippen LogP contribution in [0, 0.1) is 0 Å². The Morgan fingerprint density at radius 3 is 2.62 bits per heavy atom. The lowest BCUT2D eigenvalue weighted by Crippen LogP contribution is -2.59. The first-order chi connectivity index (χ1) is 11.4. The number of rotatable bonds is 6. The number of aliphatic hydroxyl groups excluding tert-OH is 3. The van der Waals surface area contributed by atoms with Gasteiger partial charge in [-0.2, -0.15) is 0 Å². The largest absolute Gasteiger partial charge is 0.392 e. The van der Waals surface area contributed by atoms with E-state index in [1.54, 1.807) is 0 Å². The van der Waals surface area contributed by atoms with Crippen LogP contribution in [0.2, 0.25) is 0 Å². The third kappa shape index (κ3) is 2.86. The van der Waals surface area contributed by atoms with Gasteiger partial charge in [0, 0.05) is 6.42 Å². The van der Waals surface area contributed by atoms with E-state index in [0.717, 1.165) is 12.8 Å². The third-order valence-corrected chi connectivity index (χ3v) is 5.69. The average Bonchev–Trinajstić information content (AvgIpc) is 3.25. The molecule has 2 fully saturated rings. The molecule has 5 heteroatoms. The minimum absolute atomic E-state index is 0.180. The van der Waals surface area contributed by atoms with E-state index in [1.165, 1.54) is 12.8 Å². The Morgan fingerprint density at radius 2 is 1.96 bits per heavy atom. The Labute approximate surface area is 144 Å². The quantitative estimate of drug-likeness (QED) is 0.509. The fraction of sp³-hybridized carbons (Fsp3) is 0.789. The van der Waals surface area contributed by atoms with Crippen molar-refractivity contribution in [1.29, 1.82) is 0 Å². The van der Waals surface area contributed by atoms with E-state index in [9.17, 15) is 15.3 Å². The molecule has 2 heterocycles. The highest BCUT2D eigenvalue weighted by atomic mass is 16.7. The van der Waals surface area contributed by atoms with Gasteiger partial charge in [0.25, 0.3) is 0 Å². The second kappa shape index (κ2) is 6.54. The van der Waals surface area contributed by atoms with Crippen LogP contribution in [0.4, 0.5) is 0 Å². The summed E-state index contributed by atoms with van der Waals surface area (Å²) in [4.78, 5) is 0. The fourth-order valence-electron chi connectivity index (χ4n) is 4.02. The number of epoxide rings is 1. The zero-order valence-electron chi connectivity index (χ0n) is 14.9. The summed E-state index contributed by atoms with van der Waals surface area (Å²) >= 11 is 0. The summed E-state index contributed by atoms with van der Waals surface area (Å²) in [5.41, 5.74) is 0.00381. The number of hydrogen-bond acceptors (Lipinski definition) is 5. The number of ether oxygens (including phenoxy) is 2. The Bertz CT molecular complexity index is 538. The summed E-state index contributed by atoms with van der Waals surface area (Å²) in [6.07, 6.45) is 6.62. The van der Waals surface area contributed by atoms with Gasteiger partial charge in [-0.3, -0.25) is 0 Å². The van der Waals surface area contributed by atoms with Crippen LogP contribution in [0.3, 0.4) is 0 Å². The van der Waals surface area contributed by atoms with E-state index in [4.69, 9.17) is 9.47 Å². The summed E-state index contributed by atoms with van der Waals surface area (Å²) in [5, 5.41) is 30.9. The Kier molecular flexibility index (Phi) is 4.93. The van der Waals surface area contributed by atoms with E-state index < -0.39 is 29.5 Å². The molecule has 0 aromatic carbocycles. The molecule has 5 atom stereocenters.